The van der Waals surface area contributed by atoms with Gasteiger partial charge in [-0.15, -0.1) is 0 Å². The normalized spacial score (nSPS) is 17.6. The molecule has 0 spiro atoms. The van der Waals surface area contributed by atoms with Crippen LogP contribution in [0.25, 0.3) is 0 Å². The quantitative estimate of drug-likeness (QED) is 0.630. The Morgan fingerprint density at radius 1 is 1.24 bits per heavy atom. The van der Waals surface area contributed by atoms with Crippen molar-refractivity contribution >= 4 is 15.9 Å². The maximum Gasteiger partial charge on any atom is 0.243 e. The van der Waals surface area contributed by atoms with Crippen LogP contribution in [-0.2, 0) is 20.6 Å². The minimum Gasteiger partial charge on any atom is -0.289 e. The summed E-state index contributed by atoms with van der Waals surface area (Å²) in [5.74, 6) is -0.281. The average molecular weight is 312 g/mol. The van der Waals surface area contributed by atoms with E-state index in [0.29, 0.717) is 25.9 Å². The largest absolute Gasteiger partial charge is 0.289 e. The molecule has 21 heavy (non-hydrogen) atoms. The first-order valence-corrected chi connectivity index (χ1v) is 8.57. The maximum atomic E-state index is 12.3. The third-order valence-corrected chi connectivity index (χ3v) is 5.61. The Morgan fingerprint density at radius 3 is 2.43 bits per heavy atom. The molecule has 0 saturated carbocycles. The van der Waals surface area contributed by atoms with Gasteiger partial charge in [-0.1, -0.05) is 30.3 Å². The molecule has 1 aliphatic rings. The Hall–Kier alpha value is -1.44. The number of benzene rings is 1. The summed E-state index contributed by atoms with van der Waals surface area (Å²) in [6.07, 6.45) is 1.52. The van der Waals surface area contributed by atoms with Gasteiger partial charge in [0.25, 0.3) is 0 Å². The lowest BCUT2D eigenvalue weighted by atomic mass is 9.94. The lowest BCUT2D eigenvalue weighted by Crippen LogP contribution is -2.40. The topological polar surface area (TPSA) is 86.7 Å². The molecule has 0 radical (unpaired) electrons. The van der Waals surface area contributed by atoms with E-state index in [-0.39, 0.29) is 18.1 Å². The smallest absolute Gasteiger partial charge is 0.243 e. The highest BCUT2D eigenvalue weighted by molar-refractivity contribution is 7.88. The summed E-state index contributed by atoms with van der Waals surface area (Å²) in [4.78, 5) is 11.1. The van der Waals surface area contributed by atoms with Crippen LogP contribution < -0.4 is 5.48 Å². The first kappa shape index (κ1) is 15.9. The predicted molar refractivity (Wildman–Crippen MR) is 77.9 cm³/mol. The first-order valence-electron chi connectivity index (χ1n) is 6.96. The number of hydrogen-bond donors (Lipinski definition) is 2. The van der Waals surface area contributed by atoms with E-state index >= 15 is 0 Å². The van der Waals surface area contributed by atoms with Gasteiger partial charge in [0.05, 0.1) is 5.75 Å². The van der Waals surface area contributed by atoms with E-state index in [1.54, 1.807) is 17.6 Å². The van der Waals surface area contributed by atoms with Gasteiger partial charge in [-0.2, -0.15) is 0 Å². The molecule has 2 rings (SSSR count). The number of sulfonamides is 1. The zero-order valence-corrected chi connectivity index (χ0v) is 12.6. The number of amides is 1. The van der Waals surface area contributed by atoms with Crippen LogP contribution in [0.5, 0.6) is 0 Å². The fourth-order valence-corrected chi connectivity index (χ4v) is 4.14. The zero-order valence-electron chi connectivity index (χ0n) is 11.7. The van der Waals surface area contributed by atoms with E-state index in [2.05, 4.69) is 0 Å². The third kappa shape index (κ3) is 4.52. The molecule has 0 atom stereocenters. The molecule has 0 unspecified atom stereocenters. The van der Waals surface area contributed by atoms with Crippen molar-refractivity contribution in [1.82, 2.24) is 9.79 Å². The molecule has 1 fully saturated rings. The second kappa shape index (κ2) is 7.02. The van der Waals surface area contributed by atoms with E-state index in [4.69, 9.17) is 5.21 Å². The van der Waals surface area contributed by atoms with Crippen molar-refractivity contribution < 1.29 is 18.4 Å². The second-order valence-corrected chi connectivity index (χ2v) is 7.29. The van der Waals surface area contributed by atoms with Gasteiger partial charge < -0.3 is 0 Å². The van der Waals surface area contributed by atoms with E-state index in [1.165, 1.54) is 4.31 Å². The monoisotopic (exact) mass is 312 g/mol. The standard InChI is InChI=1S/C14H20N2O4S/c17-14(15-18)10-12-6-8-16(9-7-12)21(19,20)11-13-4-2-1-3-5-13/h1-5,12,18H,6-11H2,(H,15,17). The average Bonchev–Trinajstić information content (AvgIpc) is 2.48. The molecular formula is C14H20N2O4S. The van der Waals surface area contributed by atoms with Crippen LogP contribution in [0.15, 0.2) is 30.3 Å². The molecule has 116 valence electrons. The zero-order chi connectivity index (χ0) is 15.3. The van der Waals surface area contributed by atoms with Gasteiger partial charge in [0.1, 0.15) is 0 Å². The van der Waals surface area contributed by atoms with Gasteiger partial charge in [0.2, 0.25) is 15.9 Å². The number of hydrogen-bond acceptors (Lipinski definition) is 4. The van der Waals surface area contributed by atoms with E-state index in [1.807, 2.05) is 18.2 Å². The summed E-state index contributed by atoms with van der Waals surface area (Å²) in [6, 6.07) is 9.11. The molecule has 0 bridgehead atoms. The lowest BCUT2D eigenvalue weighted by Gasteiger charge is -2.30. The number of nitrogens with one attached hydrogen (secondary N) is 1. The van der Waals surface area contributed by atoms with Gasteiger partial charge in [0, 0.05) is 19.5 Å². The number of rotatable bonds is 5. The molecule has 0 aromatic heterocycles. The Morgan fingerprint density at radius 2 is 1.86 bits per heavy atom. The molecule has 6 nitrogen and oxygen atoms in total. The van der Waals surface area contributed by atoms with Crippen molar-refractivity contribution in [3.8, 4) is 0 Å². The van der Waals surface area contributed by atoms with Crippen molar-refractivity contribution in [2.75, 3.05) is 13.1 Å². The summed E-state index contributed by atoms with van der Waals surface area (Å²) >= 11 is 0. The molecule has 7 heteroatoms. The lowest BCUT2D eigenvalue weighted by molar-refractivity contribution is -0.130. The summed E-state index contributed by atoms with van der Waals surface area (Å²) in [5.41, 5.74) is 2.39. The van der Waals surface area contributed by atoms with Crippen molar-refractivity contribution in [1.29, 1.82) is 0 Å². The van der Waals surface area contributed by atoms with Crippen molar-refractivity contribution in [2.24, 2.45) is 5.92 Å². The van der Waals surface area contributed by atoms with Gasteiger partial charge in [-0.3, -0.25) is 10.0 Å². The maximum absolute atomic E-state index is 12.3. The minimum absolute atomic E-state index is 0.00956. The van der Waals surface area contributed by atoms with Crippen LogP contribution in [0.4, 0.5) is 0 Å². The third-order valence-electron chi connectivity index (χ3n) is 3.76. The van der Waals surface area contributed by atoms with E-state index < -0.39 is 15.9 Å². The molecule has 1 aromatic rings. The molecule has 2 N–H and O–H groups in total. The number of carbonyl (C=O) groups excluding carboxylic acids is 1. The minimum atomic E-state index is -3.31. The molecule has 1 heterocycles. The highest BCUT2D eigenvalue weighted by Gasteiger charge is 2.28. The fraction of sp³-hybridized carbons (Fsp3) is 0.500. The summed E-state index contributed by atoms with van der Waals surface area (Å²) in [6.45, 7) is 0.858. The van der Waals surface area contributed by atoms with Crippen LogP contribution in [0, 0.1) is 5.92 Å². The molecule has 1 aliphatic heterocycles. The van der Waals surface area contributed by atoms with Crippen LogP contribution in [-0.4, -0.2) is 36.9 Å². The summed E-state index contributed by atoms with van der Waals surface area (Å²) in [7, 11) is -3.31. The number of hydroxylamine groups is 1. The fourth-order valence-electron chi connectivity index (χ4n) is 2.58. The van der Waals surface area contributed by atoms with Crippen molar-refractivity contribution in [3.63, 3.8) is 0 Å². The van der Waals surface area contributed by atoms with Crippen LogP contribution in [0.3, 0.4) is 0 Å². The predicted octanol–water partition coefficient (Wildman–Crippen LogP) is 1.12. The van der Waals surface area contributed by atoms with Gasteiger partial charge in [-0.25, -0.2) is 18.2 Å². The van der Waals surface area contributed by atoms with Crippen LogP contribution in [0.2, 0.25) is 0 Å². The number of carbonyl (C=O) groups is 1. The Kier molecular flexibility index (Phi) is 5.33. The highest BCUT2D eigenvalue weighted by atomic mass is 32.2. The summed E-state index contributed by atoms with van der Waals surface area (Å²) in [5, 5.41) is 8.50. The van der Waals surface area contributed by atoms with E-state index in [9.17, 15) is 13.2 Å². The Labute approximate surface area is 124 Å². The molecular weight excluding hydrogens is 292 g/mol. The SMILES string of the molecule is O=C(CC1CCN(S(=O)(=O)Cc2ccccc2)CC1)NO. The second-order valence-electron chi connectivity index (χ2n) is 5.32. The van der Waals surface area contributed by atoms with Crippen LogP contribution >= 0.6 is 0 Å². The number of piperidine rings is 1. The van der Waals surface area contributed by atoms with Gasteiger partial charge in [0.15, 0.2) is 0 Å². The molecule has 1 saturated heterocycles. The Bertz CT molecular complexity index is 566. The first-order chi connectivity index (χ1) is 10.0. The highest BCUT2D eigenvalue weighted by Crippen LogP contribution is 2.23. The van der Waals surface area contributed by atoms with Crippen molar-refractivity contribution in [3.05, 3.63) is 35.9 Å². The molecule has 1 aromatic carbocycles. The van der Waals surface area contributed by atoms with Crippen LogP contribution in [0.1, 0.15) is 24.8 Å². The van der Waals surface area contributed by atoms with E-state index in [0.717, 1.165) is 5.56 Å². The van der Waals surface area contributed by atoms with Gasteiger partial charge in [-0.05, 0) is 24.3 Å². The van der Waals surface area contributed by atoms with Crippen molar-refractivity contribution in [2.45, 2.75) is 25.0 Å². The Balaban J connectivity index is 1.90. The summed E-state index contributed by atoms with van der Waals surface area (Å²) < 4.78 is 26.2. The molecule has 0 aliphatic carbocycles. The molecule has 1 amide bonds. The number of nitrogens with zero attached hydrogens (tertiary/aromatic N) is 1. The van der Waals surface area contributed by atoms with Gasteiger partial charge >= 0.3 is 0 Å².